The number of aryl methyl sites for hydroxylation is 4. The number of methoxy groups -OCH3 is 4. The number of rotatable bonds is 30. The van der Waals surface area contributed by atoms with Crippen LogP contribution in [0.1, 0.15) is 108 Å². The molecule has 4 saturated heterocycles. The van der Waals surface area contributed by atoms with Crippen LogP contribution in [0.3, 0.4) is 0 Å². The Balaban J connectivity index is 0.000000179. The number of aromatic nitrogens is 16. The van der Waals surface area contributed by atoms with Crippen molar-refractivity contribution in [2.45, 2.75) is 164 Å². The van der Waals surface area contributed by atoms with Gasteiger partial charge in [-0.1, -0.05) is 123 Å². The maximum atomic E-state index is 17.9. The van der Waals surface area contributed by atoms with Gasteiger partial charge in [0.05, 0.1) is 110 Å². The van der Waals surface area contributed by atoms with Gasteiger partial charge in [-0.15, -0.1) is 0 Å². The summed E-state index contributed by atoms with van der Waals surface area (Å²) in [6, 6.07) is 49.3. The summed E-state index contributed by atoms with van der Waals surface area (Å²) in [7, 11) is 1.10. The first-order valence-electron chi connectivity index (χ1n) is 41.2. The van der Waals surface area contributed by atoms with Gasteiger partial charge in [-0.25, -0.2) is 81.9 Å². The zero-order valence-corrected chi connectivity index (χ0v) is 72.8. The normalized spacial score (nSPS) is 24.5. The molecule has 4 aliphatic rings. The van der Waals surface area contributed by atoms with E-state index in [9.17, 15) is 0 Å². The van der Waals surface area contributed by atoms with E-state index in [1.807, 2.05) is 206 Å². The molecule has 127 heavy (non-hydrogen) atoms. The second-order valence-corrected chi connectivity index (χ2v) is 33.5. The number of nitrogens with zero attached hydrogens (tertiary/aromatic N) is 16. The van der Waals surface area contributed by atoms with Crippen molar-refractivity contribution in [3.05, 3.63) is 265 Å². The first kappa shape index (κ1) is 88.0. The fourth-order valence-electron chi connectivity index (χ4n) is 16.9. The van der Waals surface area contributed by atoms with Crippen molar-refractivity contribution >= 4 is 68.2 Å². The monoisotopic (exact) mass is 1770 g/mol. The summed E-state index contributed by atoms with van der Waals surface area (Å²) in [4.78, 5) is 52.9. The zero-order chi connectivity index (χ0) is 88.6. The summed E-state index contributed by atoms with van der Waals surface area (Å²) < 4.78 is 164. The van der Waals surface area contributed by atoms with E-state index < -0.39 is 133 Å². The number of alkyl halides is 4. The first-order chi connectivity index (χ1) is 61.6. The van der Waals surface area contributed by atoms with Crippen LogP contribution in [0.5, 0.6) is 23.0 Å². The number of fused-ring (bicyclic) bond motifs is 4. The summed E-state index contributed by atoms with van der Waals surface area (Å²) in [5, 5.41) is 0. The lowest BCUT2D eigenvalue weighted by molar-refractivity contribution is -0.103. The number of halogens is 4. The van der Waals surface area contributed by atoms with Crippen LogP contribution < -0.4 is 18.9 Å². The third-order valence-corrected chi connectivity index (χ3v) is 25.6. The largest absolute Gasteiger partial charge is 0.497 e. The van der Waals surface area contributed by atoms with E-state index in [2.05, 4.69) is 59.8 Å². The molecule has 0 radical (unpaired) electrons. The Morgan fingerprint density at radius 3 is 1.01 bits per heavy atom. The fourth-order valence-corrected chi connectivity index (χ4v) is 18.9. The summed E-state index contributed by atoms with van der Waals surface area (Å²) in [6.45, 7) is 14.3. The average molecular weight is 1780 g/mol. The molecule has 30 nitrogen and oxygen atoms in total. The van der Waals surface area contributed by atoms with Gasteiger partial charge in [0, 0.05) is 6.66 Å². The van der Waals surface area contributed by atoms with Gasteiger partial charge in [-0.3, -0.25) is 22.8 Å². The Morgan fingerprint density at radius 1 is 0.378 bits per heavy atom. The van der Waals surface area contributed by atoms with E-state index in [1.54, 1.807) is 66.0 Å². The molecular formula is C90H97BF4N16O14P2. The van der Waals surface area contributed by atoms with Crippen LogP contribution in [0.2, 0.25) is 0 Å². The Labute approximate surface area is 732 Å². The second-order valence-electron chi connectivity index (χ2n) is 30.8. The predicted octanol–water partition coefficient (Wildman–Crippen LogP) is 14.6. The Hall–Kier alpha value is -11.0. The smallest absolute Gasteiger partial charge is 0.191 e. The molecule has 18 atom stereocenters. The third-order valence-electron chi connectivity index (χ3n) is 23.5. The minimum atomic E-state index is -2.70. The molecule has 4 aliphatic heterocycles. The molecule has 0 amide bonds. The molecule has 18 rings (SSSR count). The fraction of sp³-hybridized carbons (Fsp3) is 0.378. The van der Waals surface area contributed by atoms with Crippen molar-refractivity contribution in [2.75, 3.05) is 55.0 Å². The van der Waals surface area contributed by atoms with Crippen LogP contribution in [0.25, 0.3) is 44.7 Å². The van der Waals surface area contributed by atoms with Crippen molar-refractivity contribution in [2.24, 2.45) is 0 Å². The van der Waals surface area contributed by atoms with Gasteiger partial charge in [0.2, 0.25) is 0 Å². The van der Waals surface area contributed by atoms with Gasteiger partial charge in [-0.05, 0) is 122 Å². The lowest BCUT2D eigenvalue weighted by Gasteiger charge is -2.39. The average Bonchev–Trinajstić information content (AvgIpc) is 1.74. The van der Waals surface area contributed by atoms with Gasteiger partial charge < -0.3 is 56.4 Å². The number of hydrogen-bond acceptors (Lipinski definition) is 26. The van der Waals surface area contributed by atoms with Crippen LogP contribution in [-0.4, -0.2) is 214 Å². The van der Waals surface area contributed by atoms with Crippen LogP contribution >= 0.6 is 16.0 Å². The van der Waals surface area contributed by atoms with Gasteiger partial charge >= 0.3 is 0 Å². The summed E-state index contributed by atoms with van der Waals surface area (Å²) in [5.41, 5.74) is 8.16. The predicted molar refractivity (Wildman–Crippen MR) is 468 cm³/mol. The Morgan fingerprint density at radius 2 is 0.677 bits per heavy atom. The molecule has 14 aromatic rings. The minimum Gasteiger partial charge on any atom is -0.497 e. The van der Waals surface area contributed by atoms with E-state index in [-0.39, 0.29) is 13.2 Å². The zero-order valence-electron chi connectivity index (χ0n) is 71.0. The Kier molecular flexibility index (Phi) is 25.9. The van der Waals surface area contributed by atoms with Gasteiger partial charge in [0.1, 0.15) is 119 Å². The summed E-state index contributed by atoms with van der Waals surface area (Å²) >= 11 is 0. The SMILES string of the molecule is CCC1OC(n2cnc3c(C)ncnc32)C(OP(C)OC[C@H]2O[C@@H](n3cnc4c(C)ncnc43)[C@@H](F)C2OC(c2ccccc2)(c2ccc(OC)cc2)c2ccc(OC)cc2)[C@H]1F.[BH3-][P+](C)(OC[C@H]1O[C@@H](n2cnc3c(C)ncnc32)[C@@H](F)C1OC(c1ccccc1)(c1ccc(OC)cc1)c1ccc(OC)cc1)OC1C(n2cnc3c(C)ncnc32)OC(CC)[C@@H]1F. The highest BCUT2D eigenvalue weighted by Gasteiger charge is 2.57. The maximum Gasteiger partial charge on any atom is 0.191 e. The van der Waals surface area contributed by atoms with E-state index in [0.717, 1.165) is 11.1 Å². The molecule has 8 aromatic heterocycles. The molecule has 0 bridgehead atoms. The van der Waals surface area contributed by atoms with Crippen LogP contribution in [0, 0.1) is 27.7 Å². The number of ether oxygens (including phenoxy) is 10. The number of imidazole rings is 4. The number of benzene rings is 6. The summed E-state index contributed by atoms with van der Waals surface area (Å²) in [5.74, 6) is 2.55. The van der Waals surface area contributed by atoms with Crippen molar-refractivity contribution in [3.63, 3.8) is 0 Å². The molecule has 0 aliphatic carbocycles. The summed E-state index contributed by atoms with van der Waals surface area (Å²) in [6.07, 6.45) is -6.16. The van der Waals surface area contributed by atoms with Crippen LogP contribution in [-0.2, 0) is 57.7 Å². The topological polar surface area (TPSA) is 304 Å². The second kappa shape index (κ2) is 37.3. The molecule has 10 unspecified atom stereocenters. The van der Waals surface area contributed by atoms with Crippen molar-refractivity contribution < 1.29 is 83.0 Å². The van der Waals surface area contributed by atoms with Gasteiger partial charge in [0.25, 0.3) is 0 Å². The van der Waals surface area contributed by atoms with Crippen molar-refractivity contribution in [1.29, 1.82) is 0 Å². The molecule has 662 valence electrons. The highest BCUT2D eigenvalue weighted by Crippen LogP contribution is 2.59. The number of hydrogen-bond donors (Lipinski definition) is 0. The minimum absolute atomic E-state index is 0.126. The molecule has 37 heteroatoms. The van der Waals surface area contributed by atoms with Gasteiger partial charge in [0.15, 0.2) is 94.2 Å². The van der Waals surface area contributed by atoms with E-state index >= 15 is 17.6 Å². The lowest BCUT2D eigenvalue weighted by atomic mass is 9.79. The maximum absolute atomic E-state index is 17.9. The first-order valence-corrected chi connectivity index (χ1v) is 44.4. The highest BCUT2D eigenvalue weighted by molar-refractivity contribution is 7.89. The quantitative estimate of drug-likeness (QED) is 0.0175. The van der Waals surface area contributed by atoms with Crippen LogP contribution in [0.4, 0.5) is 17.6 Å². The molecule has 4 fully saturated rings. The van der Waals surface area contributed by atoms with E-state index in [4.69, 9.17) is 65.5 Å². The molecule has 6 aromatic carbocycles. The van der Waals surface area contributed by atoms with E-state index in [0.29, 0.717) is 126 Å². The molecule has 0 saturated carbocycles. The molecule has 12 heterocycles. The van der Waals surface area contributed by atoms with Gasteiger partial charge in [-0.2, -0.15) is 0 Å². The third kappa shape index (κ3) is 16.9. The lowest BCUT2D eigenvalue weighted by Crippen LogP contribution is -2.44. The Bertz CT molecular complexity index is 6020. The molecular weight excluding hydrogens is 1680 g/mol. The standard InChI is InChI=1S/C45H50BF2N8O7P.C45H47F2N8O7P/c1-7-33-35(47)40(44(60-33)56-25-54-38-27(3)50-23-52-42(38)56)63-64(6,46)59-21-34-39(36(48)43(61-34)55-24-53-37-26(2)49-22-51-41(37)55)62-45(28-11-9-8-10-12-28,29-13-17-31(57-4)18-14-29)30-15-19-32(58-5)20-16-30;1-7-33-35(46)40(44(59-33)55-25-53-38-27(3)49-23-51-42(38)55)62-63(6)58-21-34-39(36(47)43(60-34)54-24-52-37-26(2)48-22-50-41(37)54)61-45(28-11-9-8-10-12-28,29-13-17-31(56-4)18-14-29)30-15-19-32(57-5)20-16-30/h8-20,22-25,33-36,39-40,43-44H,7,21H2,1-6,46H3;8-20,22-25,33-36,39-40,43-44H,7,21H2,1-6H3/t33?,34-,35+,36+,39?,40?,43-,44?,64?;33?,34-,35+,36+,39?,40?,43-,44?,63?/m11/s1. The molecule has 0 spiro atoms. The van der Waals surface area contributed by atoms with Crippen molar-refractivity contribution in [3.8, 4) is 23.0 Å². The molecule has 0 N–H and O–H groups in total. The van der Waals surface area contributed by atoms with E-state index in [1.165, 1.54) is 38.0 Å². The van der Waals surface area contributed by atoms with Crippen LogP contribution in [0.15, 0.2) is 208 Å². The van der Waals surface area contributed by atoms with Crippen molar-refractivity contribution in [1.82, 2.24) is 78.1 Å². The highest BCUT2D eigenvalue weighted by atomic mass is 31.2.